The molecular weight excluding hydrogens is 324 g/mol. The summed E-state index contributed by atoms with van der Waals surface area (Å²) in [5.74, 6) is 1.88. The maximum absolute atomic E-state index is 12.8. The fraction of sp³-hybridized carbons (Fsp3) is 0.682. The van der Waals surface area contributed by atoms with E-state index in [-0.39, 0.29) is 11.5 Å². The Kier molecular flexibility index (Phi) is 5.07. The van der Waals surface area contributed by atoms with Gasteiger partial charge in [-0.1, -0.05) is 38.1 Å². The zero-order valence-electron chi connectivity index (χ0n) is 16.2. The SMILES string of the molecule is CC(C)Cc1ccc(C2CCN(C(=O)[C@H]3C[C@]4(COCN4)C3)CC2)cc1. The van der Waals surface area contributed by atoms with Gasteiger partial charge in [-0.25, -0.2) is 0 Å². The van der Waals surface area contributed by atoms with E-state index in [2.05, 4.69) is 48.3 Å². The number of carbonyl (C=O) groups is 1. The van der Waals surface area contributed by atoms with Crippen molar-refractivity contribution in [2.75, 3.05) is 26.4 Å². The topological polar surface area (TPSA) is 41.6 Å². The Morgan fingerprint density at radius 3 is 2.50 bits per heavy atom. The van der Waals surface area contributed by atoms with E-state index in [1.54, 1.807) is 0 Å². The second kappa shape index (κ2) is 7.32. The lowest BCUT2D eigenvalue weighted by Gasteiger charge is -2.45. The van der Waals surface area contributed by atoms with Crippen LogP contribution in [-0.2, 0) is 16.0 Å². The highest BCUT2D eigenvalue weighted by Crippen LogP contribution is 2.41. The average molecular weight is 357 g/mol. The minimum absolute atomic E-state index is 0.108. The number of carbonyl (C=O) groups excluding carboxylic acids is 1. The largest absolute Gasteiger partial charge is 0.364 e. The molecule has 1 spiro atoms. The summed E-state index contributed by atoms with van der Waals surface area (Å²) in [4.78, 5) is 14.9. The molecule has 4 nitrogen and oxygen atoms in total. The van der Waals surface area contributed by atoms with Crippen LogP contribution in [0.5, 0.6) is 0 Å². The maximum Gasteiger partial charge on any atom is 0.225 e. The van der Waals surface area contributed by atoms with Gasteiger partial charge in [0.25, 0.3) is 0 Å². The van der Waals surface area contributed by atoms with Gasteiger partial charge in [0.05, 0.1) is 13.3 Å². The fourth-order valence-electron chi connectivity index (χ4n) is 4.91. The van der Waals surface area contributed by atoms with Crippen LogP contribution < -0.4 is 5.32 Å². The molecular formula is C22H32N2O2. The summed E-state index contributed by atoms with van der Waals surface area (Å²) in [7, 11) is 0. The number of hydrogen-bond donors (Lipinski definition) is 1. The Labute approximate surface area is 157 Å². The van der Waals surface area contributed by atoms with Gasteiger partial charge in [0, 0.05) is 24.5 Å². The number of nitrogens with one attached hydrogen (secondary N) is 1. The number of nitrogens with zero attached hydrogens (tertiary/aromatic N) is 1. The minimum Gasteiger partial charge on any atom is -0.364 e. The van der Waals surface area contributed by atoms with Crippen LogP contribution in [0.25, 0.3) is 0 Å². The summed E-state index contributed by atoms with van der Waals surface area (Å²) in [6, 6.07) is 9.19. The first-order valence-corrected chi connectivity index (χ1v) is 10.2. The Hall–Kier alpha value is -1.39. The highest BCUT2D eigenvalue weighted by Gasteiger charge is 2.50. The van der Waals surface area contributed by atoms with E-state index in [1.807, 2.05) is 0 Å². The van der Waals surface area contributed by atoms with Crippen LogP contribution in [0, 0.1) is 11.8 Å². The van der Waals surface area contributed by atoms with E-state index in [9.17, 15) is 4.79 Å². The number of likely N-dealkylation sites (tertiary alicyclic amines) is 1. The van der Waals surface area contributed by atoms with Crippen LogP contribution in [0.15, 0.2) is 24.3 Å². The van der Waals surface area contributed by atoms with E-state index in [0.29, 0.717) is 24.5 Å². The van der Waals surface area contributed by atoms with E-state index in [0.717, 1.165) is 51.8 Å². The Balaban J connectivity index is 1.27. The molecule has 4 rings (SSSR count). The van der Waals surface area contributed by atoms with Crippen molar-refractivity contribution in [1.82, 2.24) is 10.2 Å². The van der Waals surface area contributed by atoms with E-state index in [1.165, 1.54) is 11.1 Å². The van der Waals surface area contributed by atoms with Crippen molar-refractivity contribution in [2.24, 2.45) is 11.8 Å². The van der Waals surface area contributed by atoms with Gasteiger partial charge in [0.15, 0.2) is 0 Å². The molecule has 0 aromatic heterocycles. The molecule has 3 aliphatic rings. The predicted molar refractivity (Wildman–Crippen MR) is 103 cm³/mol. The third-order valence-corrected chi connectivity index (χ3v) is 6.45. The molecule has 2 aliphatic heterocycles. The molecule has 0 radical (unpaired) electrons. The number of ether oxygens (including phenoxy) is 1. The van der Waals surface area contributed by atoms with Gasteiger partial charge in [-0.05, 0) is 55.1 Å². The quantitative estimate of drug-likeness (QED) is 0.900. The molecule has 0 unspecified atom stereocenters. The first-order valence-electron chi connectivity index (χ1n) is 10.2. The molecule has 1 aliphatic carbocycles. The van der Waals surface area contributed by atoms with Crippen molar-refractivity contribution >= 4 is 5.91 Å². The normalized spacial score (nSPS) is 29.3. The predicted octanol–water partition coefficient (Wildman–Crippen LogP) is 3.32. The van der Waals surface area contributed by atoms with Crippen molar-refractivity contribution in [3.05, 3.63) is 35.4 Å². The molecule has 2 heterocycles. The number of benzene rings is 1. The number of hydrogen-bond acceptors (Lipinski definition) is 3. The molecule has 3 fully saturated rings. The van der Waals surface area contributed by atoms with Crippen LogP contribution >= 0.6 is 0 Å². The molecule has 0 bridgehead atoms. The Bertz CT molecular complexity index is 618. The second-order valence-electron chi connectivity index (χ2n) is 8.99. The van der Waals surface area contributed by atoms with Crippen LogP contribution in [-0.4, -0.2) is 42.8 Å². The van der Waals surface area contributed by atoms with Gasteiger partial charge in [-0.15, -0.1) is 0 Å². The van der Waals surface area contributed by atoms with Gasteiger partial charge in [-0.2, -0.15) is 0 Å². The van der Waals surface area contributed by atoms with Gasteiger partial charge in [0.2, 0.25) is 5.91 Å². The van der Waals surface area contributed by atoms with E-state index < -0.39 is 0 Å². The highest BCUT2D eigenvalue weighted by molar-refractivity contribution is 5.80. The third kappa shape index (κ3) is 3.67. The van der Waals surface area contributed by atoms with Crippen LogP contribution in [0.4, 0.5) is 0 Å². The Morgan fingerprint density at radius 1 is 1.23 bits per heavy atom. The van der Waals surface area contributed by atoms with Crippen LogP contribution in [0.2, 0.25) is 0 Å². The number of amides is 1. The highest BCUT2D eigenvalue weighted by atomic mass is 16.5. The van der Waals surface area contributed by atoms with Crippen molar-refractivity contribution in [1.29, 1.82) is 0 Å². The zero-order chi connectivity index (χ0) is 18.1. The number of rotatable bonds is 4. The molecule has 0 atom stereocenters. The molecule has 1 aromatic rings. The average Bonchev–Trinajstić information content (AvgIpc) is 3.10. The summed E-state index contributed by atoms with van der Waals surface area (Å²) in [6.45, 7) is 7.75. The first kappa shape index (κ1) is 18.0. The van der Waals surface area contributed by atoms with E-state index >= 15 is 0 Å². The second-order valence-corrected chi connectivity index (χ2v) is 8.99. The summed E-state index contributed by atoms with van der Waals surface area (Å²) in [6.07, 6.45) is 5.23. The smallest absolute Gasteiger partial charge is 0.225 e. The zero-order valence-corrected chi connectivity index (χ0v) is 16.2. The fourth-order valence-corrected chi connectivity index (χ4v) is 4.91. The molecule has 1 saturated carbocycles. The lowest BCUT2D eigenvalue weighted by Crippen LogP contribution is -2.58. The molecule has 1 aromatic carbocycles. The summed E-state index contributed by atoms with van der Waals surface area (Å²) in [5, 5.41) is 3.41. The molecule has 1 N–H and O–H groups in total. The molecule has 4 heteroatoms. The van der Waals surface area contributed by atoms with Gasteiger partial charge >= 0.3 is 0 Å². The summed E-state index contributed by atoms with van der Waals surface area (Å²) < 4.78 is 5.43. The van der Waals surface area contributed by atoms with Crippen molar-refractivity contribution in [3.8, 4) is 0 Å². The lowest BCUT2D eigenvalue weighted by atomic mass is 9.68. The summed E-state index contributed by atoms with van der Waals surface area (Å²) in [5.41, 5.74) is 2.98. The van der Waals surface area contributed by atoms with Crippen molar-refractivity contribution in [3.63, 3.8) is 0 Å². The maximum atomic E-state index is 12.8. The molecule has 2 saturated heterocycles. The standard InChI is InChI=1S/C22H32N2O2/c1-16(2)11-17-3-5-18(6-4-17)19-7-9-24(10-8-19)21(25)20-12-22(13-20)14-26-15-23-22/h3-6,16,19-20,23H,7-15H2,1-2H3/t20-,22+. The molecule has 26 heavy (non-hydrogen) atoms. The van der Waals surface area contributed by atoms with E-state index in [4.69, 9.17) is 4.74 Å². The molecule has 1 amide bonds. The van der Waals surface area contributed by atoms with Crippen molar-refractivity contribution in [2.45, 2.75) is 57.4 Å². The van der Waals surface area contributed by atoms with Gasteiger partial charge in [0.1, 0.15) is 0 Å². The molecule has 142 valence electrons. The number of piperidine rings is 1. The van der Waals surface area contributed by atoms with Gasteiger partial charge < -0.3 is 9.64 Å². The van der Waals surface area contributed by atoms with Crippen LogP contribution in [0.3, 0.4) is 0 Å². The first-order chi connectivity index (χ1) is 12.5. The van der Waals surface area contributed by atoms with Gasteiger partial charge in [-0.3, -0.25) is 10.1 Å². The third-order valence-electron chi connectivity index (χ3n) is 6.45. The lowest BCUT2D eigenvalue weighted by molar-refractivity contribution is -0.142. The monoisotopic (exact) mass is 356 g/mol. The minimum atomic E-state index is 0.108. The Morgan fingerprint density at radius 2 is 1.92 bits per heavy atom. The summed E-state index contributed by atoms with van der Waals surface area (Å²) >= 11 is 0. The van der Waals surface area contributed by atoms with Crippen LogP contribution in [0.1, 0.15) is 56.6 Å². The van der Waals surface area contributed by atoms with Crippen molar-refractivity contribution < 1.29 is 9.53 Å².